The van der Waals surface area contributed by atoms with E-state index in [9.17, 15) is 17.2 Å². The first-order valence-electron chi connectivity index (χ1n) is 4.90. The van der Waals surface area contributed by atoms with Crippen molar-refractivity contribution in [1.82, 2.24) is 0 Å². The SMILES string of the molecule is CN(c1ccc(F)cc1F)S(=O)(=O)c1cccs1. The number of sulfonamides is 1. The Morgan fingerprint density at radius 2 is 1.94 bits per heavy atom. The Morgan fingerprint density at radius 3 is 2.50 bits per heavy atom. The molecule has 0 aliphatic carbocycles. The maximum absolute atomic E-state index is 13.5. The van der Waals surface area contributed by atoms with E-state index in [4.69, 9.17) is 0 Å². The molecule has 0 saturated carbocycles. The molecule has 0 bridgehead atoms. The van der Waals surface area contributed by atoms with Crippen LogP contribution < -0.4 is 4.31 Å². The van der Waals surface area contributed by atoms with Gasteiger partial charge in [-0.15, -0.1) is 11.3 Å². The number of anilines is 1. The summed E-state index contributed by atoms with van der Waals surface area (Å²) in [5, 5.41) is 1.61. The smallest absolute Gasteiger partial charge is 0.266 e. The van der Waals surface area contributed by atoms with Crippen LogP contribution in [0, 0.1) is 11.6 Å². The summed E-state index contributed by atoms with van der Waals surface area (Å²) in [6.45, 7) is 0. The van der Waals surface area contributed by atoms with E-state index in [1.54, 1.807) is 11.4 Å². The first-order chi connectivity index (χ1) is 8.43. The Hall–Kier alpha value is -1.47. The first kappa shape index (κ1) is 13.0. The standard InChI is InChI=1S/C11H9F2NO2S2/c1-14(10-5-4-8(12)7-9(10)13)18(15,16)11-3-2-6-17-11/h2-7H,1H3. The number of halogens is 2. The van der Waals surface area contributed by atoms with Gasteiger partial charge >= 0.3 is 0 Å². The second-order valence-corrected chi connectivity index (χ2v) is 6.64. The molecule has 3 nitrogen and oxygen atoms in total. The van der Waals surface area contributed by atoms with Gasteiger partial charge < -0.3 is 0 Å². The molecular formula is C11H9F2NO2S2. The highest BCUT2D eigenvalue weighted by atomic mass is 32.2. The number of hydrogen-bond donors (Lipinski definition) is 0. The zero-order valence-electron chi connectivity index (χ0n) is 9.30. The lowest BCUT2D eigenvalue weighted by Crippen LogP contribution is -2.26. The lowest BCUT2D eigenvalue weighted by atomic mass is 10.3. The molecule has 1 heterocycles. The first-order valence-corrected chi connectivity index (χ1v) is 7.22. The minimum absolute atomic E-state index is 0.105. The molecular weight excluding hydrogens is 280 g/mol. The van der Waals surface area contributed by atoms with E-state index in [-0.39, 0.29) is 9.90 Å². The van der Waals surface area contributed by atoms with E-state index in [1.807, 2.05) is 0 Å². The molecule has 1 aromatic carbocycles. The Morgan fingerprint density at radius 1 is 1.22 bits per heavy atom. The summed E-state index contributed by atoms with van der Waals surface area (Å²) in [6, 6.07) is 5.77. The molecule has 0 atom stereocenters. The third-order valence-corrected chi connectivity index (χ3v) is 5.50. The Bertz CT molecular complexity index is 654. The predicted molar refractivity (Wildman–Crippen MR) is 66.3 cm³/mol. The van der Waals surface area contributed by atoms with E-state index < -0.39 is 21.7 Å². The fraction of sp³-hybridized carbons (Fsp3) is 0.0909. The summed E-state index contributed by atoms with van der Waals surface area (Å²) in [5.41, 5.74) is -0.190. The van der Waals surface area contributed by atoms with Crippen molar-refractivity contribution in [2.24, 2.45) is 0 Å². The predicted octanol–water partition coefficient (Wildman–Crippen LogP) is 2.85. The van der Waals surface area contributed by atoms with Crippen LogP contribution in [0.2, 0.25) is 0 Å². The fourth-order valence-corrected chi connectivity index (χ4v) is 3.78. The molecule has 96 valence electrons. The highest BCUT2D eigenvalue weighted by Crippen LogP contribution is 2.27. The van der Waals surface area contributed by atoms with Crippen LogP contribution in [0.3, 0.4) is 0 Å². The van der Waals surface area contributed by atoms with Crippen molar-refractivity contribution in [2.75, 3.05) is 11.4 Å². The van der Waals surface area contributed by atoms with E-state index in [2.05, 4.69) is 0 Å². The maximum Gasteiger partial charge on any atom is 0.273 e. The van der Waals surface area contributed by atoms with Crippen LogP contribution in [0.4, 0.5) is 14.5 Å². The molecule has 0 N–H and O–H groups in total. The molecule has 1 aromatic heterocycles. The van der Waals surface area contributed by atoms with Crippen LogP contribution in [0.15, 0.2) is 39.9 Å². The van der Waals surface area contributed by atoms with Gasteiger partial charge in [-0.1, -0.05) is 6.07 Å². The molecule has 0 radical (unpaired) electrons. The molecule has 0 unspecified atom stereocenters. The molecule has 2 aromatic rings. The molecule has 0 fully saturated rings. The van der Waals surface area contributed by atoms with E-state index >= 15 is 0 Å². The molecule has 0 spiro atoms. The topological polar surface area (TPSA) is 37.4 Å². The Labute approximate surface area is 107 Å². The summed E-state index contributed by atoms with van der Waals surface area (Å²) in [5.74, 6) is -1.67. The summed E-state index contributed by atoms with van der Waals surface area (Å²) in [6.07, 6.45) is 0. The number of hydrogen-bond acceptors (Lipinski definition) is 3. The van der Waals surface area contributed by atoms with Gasteiger partial charge in [0.15, 0.2) is 0 Å². The summed E-state index contributed by atoms with van der Waals surface area (Å²) >= 11 is 1.04. The van der Waals surface area contributed by atoms with Gasteiger partial charge in [-0.2, -0.15) is 0 Å². The molecule has 7 heteroatoms. The van der Waals surface area contributed by atoms with Gasteiger partial charge in [0.05, 0.1) is 5.69 Å². The third-order valence-electron chi connectivity index (χ3n) is 2.36. The monoisotopic (exact) mass is 289 g/mol. The Balaban J connectivity index is 2.46. The minimum atomic E-state index is -3.79. The van der Waals surface area contributed by atoms with Crippen molar-refractivity contribution in [3.63, 3.8) is 0 Å². The molecule has 0 aliphatic heterocycles. The average molecular weight is 289 g/mol. The molecule has 0 amide bonds. The van der Waals surface area contributed by atoms with Crippen molar-refractivity contribution >= 4 is 27.0 Å². The number of rotatable bonds is 3. The van der Waals surface area contributed by atoms with Crippen molar-refractivity contribution in [3.05, 3.63) is 47.3 Å². The summed E-state index contributed by atoms with van der Waals surface area (Å²) in [4.78, 5) is 0. The lowest BCUT2D eigenvalue weighted by Gasteiger charge is -2.18. The summed E-state index contributed by atoms with van der Waals surface area (Å²) < 4.78 is 51.4. The maximum atomic E-state index is 13.5. The van der Waals surface area contributed by atoms with Crippen LogP contribution in [0.25, 0.3) is 0 Å². The van der Waals surface area contributed by atoms with Gasteiger partial charge in [-0.3, -0.25) is 4.31 Å². The number of benzene rings is 1. The second kappa shape index (κ2) is 4.66. The fourth-order valence-electron chi connectivity index (χ4n) is 1.41. The van der Waals surface area contributed by atoms with Gasteiger partial charge in [-0.25, -0.2) is 17.2 Å². The second-order valence-electron chi connectivity index (χ2n) is 3.50. The van der Waals surface area contributed by atoms with Crippen LogP contribution in [0.5, 0.6) is 0 Å². The molecule has 0 saturated heterocycles. The molecule has 2 rings (SSSR count). The van der Waals surface area contributed by atoms with Gasteiger partial charge in [0.2, 0.25) is 0 Å². The lowest BCUT2D eigenvalue weighted by molar-refractivity contribution is 0.577. The van der Waals surface area contributed by atoms with Crippen LogP contribution in [-0.4, -0.2) is 15.5 Å². The molecule has 18 heavy (non-hydrogen) atoms. The minimum Gasteiger partial charge on any atom is -0.266 e. The van der Waals surface area contributed by atoms with Crippen molar-refractivity contribution in [3.8, 4) is 0 Å². The average Bonchev–Trinajstić information content (AvgIpc) is 2.82. The Kier molecular flexibility index (Phi) is 3.36. The highest BCUT2D eigenvalue weighted by Gasteiger charge is 2.24. The normalized spacial score (nSPS) is 11.5. The van der Waals surface area contributed by atoms with Crippen molar-refractivity contribution in [2.45, 2.75) is 4.21 Å². The van der Waals surface area contributed by atoms with Crippen LogP contribution in [-0.2, 0) is 10.0 Å². The van der Waals surface area contributed by atoms with Crippen molar-refractivity contribution in [1.29, 1.82) is 0 Å². The van der Waals surface area contributed by atoms with Crippen LogP contribution >= 0.6 is 11.3 Å². The van der Waals surface area contributed by atoms with Gasteiger partial charge in [0, 0.05) is 13.1 Å². The largest absolute Gasteiger partial charge is 0.273 e. The van der Waals surface area contributed by atoms with Crippen LogP contribution in [0.1, 0.15) is 0 Å². The third kappa shape index (κ3) is 2.23. The van der Waals surface area contributed by atoms with Gasteiger partial charge in [-0.05, 0) is 23.6 Å². The summed E-state index contributed by atoms with van der Waals surface area (Å²) in [7, 11) is -2.57. The van der Waals surface area contributed by atoms with Crippen molar-refractivity contribution < 1.29 is 17.2 Å². The van der Waals surface area contributed by atoms with E-state index in [0.717, 1.165) is 27.8 Å². The number of thiophene rings is 1. The van der Waals surface area contributed by atoms with Gasteiger partial charge in [0.1, 0.15) is 15.8 Å². The van der Waals surface area contributed by atoms with E-state index in [0.29, 0.717) is 6.07 Å². The number of nitrogens with zero attached hydrogens (tertiary/aromatic N) is 1. The zero-order chi connectivity index (χ0) is 13.3. The molecule has 0 aliphatic rings. The van der Waals surface area contributed by atoms with E-state index in [1.165, 1.54) is 13.1 Å². The zero-order valence-corrected chi connectivity index (χ0v) is 10.9. The quantitative estimate of drug-likeness (QED) is 0.871. The van der Waals surface area contributed by atoms with Gasteiger partial charge in [0.25, 0.3) is 10.0 Å². The highest BCUT2D eigenvalue weighted by molar-refractivity contribution is 7.94.